The molecule has 0 spiro atoms. The third-order valence-electron chi connectivity index (χ3n) is 1.86. The SMILES string of the molecule is C#CCC(C(C)=O)c1ccccn1. The number of terminal acetylenes is 1. The van der Waals surface area contributed by atoms with Gasteiger partial charge in [-0.15, -0.1) is 12.3 Å². The van der Waals surface area contributed by atoms with E-state index in [2.05, 4.69) is 10.9 Å². The van der Waals surface area contributed by atoms with E-state index >= 15 is 0 Å². The van der Waals surface area contributed by atoms with E-state index in [1.165, 1.54) is 6.92 Å². The highest BCUT2D eigenvalue weighted by Gasteiger charge is 2.15. The van der Waals surface area contributed by atoms with Crippen LogP contribution in [0.25, 0.3) is 0 Å². The minimum atomic E-state index is -0.244. The number of nitrogens with zero attached hydrogens (tertiary/aromatic N) is 1. The largest absolute Gasteiger partial charge is 0.299 e. The molecule has 0 fully saturated rings. The third-order valence-corrected chi connectivity index (χ3v) is 1.86. The van der Waals surface area contributed by atoms with Crippen LogP contribution in [0.3, 0.4) is 0 Å². The Labute approximate surface area is 78.0 Å². The first-order chi connectivity index (χ1) is 6.25. The minimum Gasteiger partial charge on any atom is -0.299 e. The van der Waals surface area contributed by atoms with Gasteiger partial charge in [-0.05, 0) is 19.1 Å². The lowest BCUT2D eigenvalue weighted by Gasteiger charge is -2.08. The first-order valence-electron chi connectivity index (χ1n) is 4.10. The second-order valence-corrected chi connectivity index (χ2v) is 2.83. The molecule has 1 heterocycles. The molecule has 0 bridgehead atoms. The van der Waals surface area contributed by atoms with E-state index in [1.54, 1.807) is 6.20 Å². The van der Waals surface area contributed by atoms with Crippen molar-refractivity contribution in [2.24, 2.45) is 0 Å². The van der Waals surface area contributed by atoms with Crippen LogP contribution in [0.1, 0.15) is 25.0 Å². The van der Waals surface area contributed by atoms with Crippen LogP contribution in [0, 0.1) is 12.3 Å². The molecule has 1 aromatic rings. The Morgan fingerprint density at radius 2 is 2.46 bits per heavy atom. The summed E-state index contributed by atoms with van der Waals surface area (Å²) in [6.07, 6.45) is 7.27. The lowest BCUT2D eigenvalue weighted by Crippen LogP contribution is -2.09. The van der Waals surface area contributed by atoms with Crippen LogP contribution in [-0.2, 0) is 4.79 Å². The molecular formula is C11H11NO. The average Bonchev–Trinajstić information content (AvgIpc) is 2.15. The van der Waals surface area contributed by atoms with Crippen molar-refractivity contribution in [2.75, 3.05) is 0 Å². The van der Waals surface area contributed by atoms with Gasteiger partial charge in [-0.25, -0.2) is 0 Å². The zero-order valence-electron chi connectivity index (χ0n) is 7.53. The van der Waals surface area contributed by atoms with Gasteiger partial charge >= 0.3 is 0 Å². The Morgan fingerprint density at radius 3 is 2.92 bits per heavy atom. The summed E-state index contributed by atoms with van der Waals surface area (Å²) in [5.41, 5.74) is 0.757. The van der Waals surface area contributed by atoms with E-state index in [0.29, 0.717) is 6.42 Å². The number of carbonyl (C=O) groups excluding carboxylic acids is 1. The Bertz CT molecular complexity index is 324. The molecule has 1 atom stereocenters. The van der Waals surface area contributed by atoms with E-state index in [-0.39, 0.29) is 11.7 Å². The molecule has 66 valence electrons. The zero-order valence-corrected chi connectivity index (χ0v) is 7.53. The number of carbonyl (C=O) groups is 1. The number of hydrogen-bond acceptors (Lipinski definition) is 2. The summed E-state index contributed by atoms with van der Waals surface area (Å²) >= 11 is 0. The number of ketones is 1. The van der Waals surface area contributed by atoms with Gasteiger partial charge in [0.2, 0.25) is 0 Å². The van der Waals surface area contributed by atoms with E-state index in [4.69, 9.17) is 6.42 Å². The highest BCUT2D eigenvalue weighted by atomic mass is 16.1. The molecule has 1 unspecified atom stereocenters. The van der Waals surface area contributed by atoms with E-state index in [1.807, 2.05) is 18.2 Å². The lowest BCUT2D eigenvalue weighted by molar-refractivity contribution is -0.118. The number of aromatic nitrogens is 1. The summed E-state index contributed by atoms with van der Waals surface area (Å²) in [4.78, 5) is 15.3. The Hall–Kier alpha value is -1.62. The number of pyridine rings is 1. The predicted molar refractivity (Wildman–Crippen MR) is 51.1 cm³/mol. The molecule has 0 aliphatic heterocycles. The molecule has 2 nitrogen and oxygen atoms in total. The Balaban J connectivity index is 2.90. The first kappa shape index (κ1) is 9.47. The van der Waals surface area contributed by atoms with Crippen LogP contribution in [-0.4, -0.2) is 10.8 Å². The molecule has 1 aromatic heterocycles. The van der Waals surface area contributed by atoms with Crippen LogP contribution in [0.4, 0.5) is 0 Å². The van der Waals surface area contributed by atoms with E-state index in [9.17, 15) is 4.79 Å². The molecule has 0 aliphatic rings. The summed E-state index contributed by atoms with van der Waals surface area (Å²) in [6, 6.07) is 5.49. The van der Waals surface area contributed by atoms with Gasteiger partial charge in [0.1, 0.15) is 5.78 Å². The van der Waals surface area contributed by atoms with Crippen LogP contribution in [0.5, 0.6) is 0 Å². The highest BCUT2D eigenvalue weighted by Crippen LogP contribution is 2.17. The average molecular weight is 173 g/mol. The number of rotatable bonds is 3. The van der Waals surface area contributed by atoms with Gasteiger partial charge in [0.15, 0.2) is 0 Å². The molecular weight excluding hydrogens is 162 g/mol. The van der Waals surface area contributed by atoms with Crippen molar-refractivity contribution < 1.29 is 4.79 Å². The van der Waals surface area contributed by atoms with Crippen molar-refractivity contribution in [2.45, 2.75) is 19.3 Å². The maximum Gasteiger partial charge on any atom is 0.139 e. The topological polar surface area (TPSA) is 30.0 Å². The molecule has 2 heteroatoms. The van der Waals surface area contributed by atoms with Gasteiger partial charge in [-0.3, -0.25) is 9.78 Å². The number of Topliss-reactive ketones (excluding diaryl/α,β-unsaturated/α-hetero) is 1. The normalized spacial score (nSPS) is 11.7. The number of hydrogen-bond donors (Lipinski definition) is 0. The maximum absolute atomic E-state index is 11.2. The zero-order chi connectivity index (χ0) is 9.68. The van der Waals surface area contributed by atoms with Crippen LogP contribution in [0.15, 0.2) is 24.4 Å². The fraction of sp³-hybridized carbons (Fsp3) is 0.273. The second kappa shape index (κ2) is 4.42. The van der Waals surface area contributed by atoms with Crippen molar-refractivity contribution in [1.82, 2.24) is 4.98 Å². The lowest BCUT2D eigenvalue weighted by atomic mass is 9.97. The molecule has 0 saturated heterocycles. The molecule has 0 aromatic carbocycles. The van der Waals surface area contributed by atoms with Gasteiger partial charge in [0, 0.05) is 12.6 Å². The maximum atomic E-state index is 11.2. The van der Waals surface area contributed by atoms with Crippen LogP contribution >= 0.6 is 0 Å². The Morgan fingerprint density at radius 1 is 1.69 bits per heavy atom. The monoisotopic (exact) mass is 173 g/mol. The smallest absolute Gasteiger partial charge is 0.139 e. The molecule has 0 saturated carbocycles. The summed E-state index contributed by atoms with van der Waals surface area (Å²) in [5, 5.41) is 0. The fourth-order valence-electron chi connectivity index (χ4n) is 1.16. The first-order valence-corrected chi connectivity index (χ1v) is 4.10. The van der Waals surface area contributed by atoms with E-state index < -0.39 is 0 Å². The molecule has 0 N–H and O–H groups in total. The quantitative estimate of drug-likeness (QED) is 0.652. The van der Waals surface area contributed by atoms with Crippen molar-refractivity contribution >= 4 is 5.78 Å². The van der Waals surface area contributed by atoms with Gasteiger partial charge in [0.25, 0.3) is 0 Å². The van der Waals surface area contributed by atoms with Gasteiger partial charge < -0.3 is 0 Å². The van der Waals surface area contributed by atoms with E-state index in [0.717, 1.165) is 5.69 Å². The summed E-state index contributed by atoms with van der Waals surface area (Å²) in [7, 11) is 0. The molecule has 0 radical (unpaired) electrons. The van der Waals surface area contributed by atoms with Gasteiger partial charge in [-0.1, -0.05) is 6.07 Å². The van der Waals surface area contributed by atoms with Gasteiger partial charge in [0.05, 0.1) is 11.6 Å². The standard InChI is InChI=1S/C11H11NO/c1-3-6-10(9(2)13)11-7-4-5-8-12-11/h1,4-5,7-8,10H,6H2,2H3. The fourth-order valence-corrected chi connectivity index (χ4v) is 1.16. The molecule has 1 rings (SSSR count). The third kappa shape index (κ3) is 2.41. The predicted octanol–water partition coefficient (Wildman–Crippen LogP) is 1.78. The minimum absolute atomic E-state index is 0.0663. The van der Waals surface area contributed by atoms with Crippen LogP contribution < -0.4 is 0 Å². The highest BCUT2D eigenvalue weighted by molar-refractivity contribution is 5.83. The Kier molecular flexibility index (Phi) is 3.22. The summed E-state index contributed by atoms with van der Waals surface area (Å²) in [5.74, 6) is 2.31. The second-order valence-electron chi connectivity index (χ2n) is 2.83. The molecule has 13 heavy (non-hydrogen) atoms. The van der Waals surface area contributed by atoms with Crippen molar-refractivity contribution in [1.29, 1.82) is 0 Å². The molecule has 0 amide bonds. The van der Waals surface area contributed by atoms with Crippen molar-refractivity contribution in [3.63, 3.8) is 0 Å². The summed E-state index contributed by atoms with van der Waals surface area (Å²) < 4.78 is 0. The van der Waals surface area contributed by atoms with Crippen LogP contribution in [0.2, 0.25) is 0 Å². The molecule has 0 aliphatic carbocycles. The van der Waals surface area contributed by atoms with Crippen molar-refractivity contribution in [3.8, 4) is 12.3 Å². The van der Waals surface area contributed by atoms with Gasteiger partial charge in [-0.2, -0.15) is 0 Å². The van der Waals surface area contributed by atoms with Crippen molar-refractivity contribution in [3.05, 3.63) is 30.1 Å². The summed E-state index contributed by atoms with van der Waals surface area (Å²) in [6.45, 7) is 1.54.